The van der Waals surface area contributed by atoms with Gasteiger partial charge in [0, 0.05) is 13.2 Å². The van der Waals surface area contributed by atoms with Crippen molar-refractivity contribution in [3.8, 4) is 5.75 Å². The summed E-state index contributed by atoms with van der Waals surface area (Å²) in [5, 5.41) is 10.9. The van der Waals surface area contributed by atoms with Crippen LogP contribution in [0.1, 0.15) is 17.3 Å². The number of ether oxygens (including phenoxy) is 2. The molecule has 1 N–H and O–H groups in total. The molecule has 1 amide bonds. The average molecular weight is 583 g/mol. The van der Waals surface area contributed by atoms with Gasteiger partial charge in [-0.3, -0.25) is 4.79 Å². The summed E-state index contributed by atoms with van der Waals surface area (Å²) in [6, 6.07) is 17.6. The van der Waals surface area contributed by atoms with Crippen LogP contribution in [0.25, 0.3) is 11.0 Å². The van der Waals surface area contributed by atoms with Gasteiger partial charge in [-0.15, -0.1) is 0 Å². The van der Waals surface area contributed by atoms with E-state index in [2.05, 4.69) is 30.4 Å². The van der Waals surface area contributed by atoms with Gasteiger partial charge < -0.3 is 14.8 Å². The van der Waals surface area contributed by atoms with Gasteiger partial charge in [0.15, 0.2) is 17.7 Å². The third-order valence-corrected chi connectivity index (χ3v) is 6.55. The van der Waals surface area contributed by atoms with Gasteiger partial charge in [-0.2, -0.15) is 0 Å². The minimum absolute atomic E-state index is 0.0386. The molecule has 12 nitrogen and oxygen atoms in total. The lowest BCUT2D eigenvalue weighted by Crippen LogP contribution is -2.19. The molecule has 0 saturated carbocycles. The number of halogens is 1. The number of thiol groups is 1. The molecule has 0 fully saturated rings. The molecule has 1 atom stereocenters. The highest BCUT2D eigenvalue weighted by Crippen LogP contribution is 2.36. The Morgan fingerprint density at radius 1 is 1.07 bits per heavy atom. The standard InChI is InChI=1S/C26H24ClN7O5S/c1-16(15-38-2)31-33-32-26(35)17-7-6-8-18(13-17)34(40(36)37)25-24(28-21-9-4-5-10-22(21)30-25)29-23-14-19(39-3)11-12-20(23)27/h4-14,16,40H,15H2,1-3H3/p+1. The molecule has 0 aliphatic carbocycles. The van der Waals surface area contributed by atoms with E-state index in [1.54, 1.807) is 49.4 Å². The van der Waals surface area contributed by atoms with E-state index >= 15 is 0 Å². The van der Waals surface area contributed by atoms with Crippen LogP contribution in [-0.4, -0.2) is 51.2 Å². The number of benzene rings is 3. The number of rotatable bonds is 10. The van der Waals surface area contributed by atoms with E-state index in [-0.39, 0.29) is 28.9 Å². The maximum atomic E-state index is 12.7. The molecule has 1 heterocycles. The second-order valence-corrected chi connectivity index (χ2v) is 9.65. The number of carbonyl (C=O) groups is 1. The lowest BCUT2D eigenvalue weighted by molar-refractivity contribution is 0.0991. The topological polar surface area (TPSA) is 150 Å². The Kier molecular flexibility index (Phi) is 9.35. The van der Waals surface area contributed by atoms with Crippen LogP contribution in [0, 0.1) is 0 Å². The van der Waals surface area contributed by atoms with E-state index in [0.29, 0.717) is 34.1 Å². The highest BCUT2D eigenvalue weighted by molar-refractivity contribution is 7.74. The molecule has 0 bridgehead atoms. The normalized spacial score (nSPS) is 11.5. The summed E-state index contributed by atoms with van der Waals surface area (Å²) in [5.41, 5.74) is 1.62. The molecule has 0 spiro atoms. The number of para-hydroxylation sites is 2. The van der Waals surface area contributed by atoms with E-state index in [9.17, 15) is 13.2 Å². The van der Waals surface area contributed by atoms with Crippen LogP contribution in [0.2, 0.25) is 5.02 Å². The van der Waals surface area contributed by atoms with Crippen molar-refractivity contribution in [2.24, 2.45) is 10.2 Å². The van der Waals surface area contributed by atoms with Crippen LogP contribution in [0.5, 0.6) is 5.75 Å². The summed E-state index contributed by atoms with van der Waals surface area (Å²) in [6.45, 7) is 2.07. The van der Waals surface area contributed by atoms with Crippen LogP contribution in [0.15, 0.2) is 77.0 Å². The highest BCUT2D eigenvalue weighted by Gasteiger charge is 2.23. The molecule has 4 rings (SSSR count). The van der Waals surface area contributed by atoms with Gasteiger partial charge in [-0.1, -0.05) is 29.8 Å². The van der Waals surface area contributed by atoms with Crippen molar-refractivity contribution in [2.75, 3.05) is 30.4 Å². The zero-order valence-corrected chi connectivity index (χ0v) is 23.3. The predicted molar refractivity (Wildman–Crippen MR) is 152 cm³/mol. The molecule has 206 valence electrons. The van der Waals surface area contributed by atoms with Crippen LogP contribution in [0.4, 0.5) is 23.0 Å². The van der Waals surface area contributed by atoms with Gasteiger partial charge in [0.2, 0.25) is 20.9 Å². The summed E-state index contributed by atoms with van der Waals surface area (Å²) in [6.07, 6.45) is 0. The average Bonchev–Trinajstić information content (AvgIpc) is 2.94. The molecular weight excluding hydrogens is 558 g/mol. The lowest BCUT2D eigenvalue weighted by atomic mass is 10.2. The number of nitrogens with one attached hydrogen (secondary N) is 1. The second-order valence-electron chi connectivity index (χ2n) is 8.37. The molecule has 1 unspecified atom stereocenters. The number of carbonyl (C=O) groups excluding carboxylic acids is 1. The van der Waals surface area contributed by atoms with Crippen molar-refractivity contribution >= 4 is 62.4 Å². The van der Waals surface area contributed by atoms with Crippen molar-refractivity contribution in [3.63, 3.8) is 0 Å². The monoisotopic (exact) mass is 582 g/mol. The minimum Gasteiger partial charge on any atom is -0.497 e. The second kappa shape index (κ2) is 13.1. The first-order chi connectivity index (χ1) is 19.3. The zero-order valence-electron chi connectivity index (χ0n) is 21.7. The smallest absolute Gasteiger partial charge is 0.360 e. The van der Waals surface area contributed by atoms with E-state index < -0.39 is 16.8 Å². The van der Waals surface area contributed by atoms with Gasteiger partial charge in [-0.05, 0) is 49.4 Å². The Morgan fingerprint density at radius 2 is 1.82 bits per heavy atom. The Morgan fingerprint density at radius 3 is 2.52 bits per heavy atom. The summed E-state index contributed by atoms with van der Waals surface area (Å²) >= 11 is 6.40. The molecule has 0 aliphatic rings. The van der Waals surface area contributed by atoms with E-state index in [1.807, 2.05) is 0 Å². The molecule has 0 saturated heterocycles. The Balaban J connectivity index is 1.80. The highest BCUT2D eigenvalue weighted by atomic mass is 35.5. The van der Waals surface area contributed by atoms with Crippen LogP contribution in [0.3, 0.4) is 0 Å². The van der Waals surface area contributed by atoms with Gasteiger partial charge in [-0.25, -0.2) is 22.7 Å². The van der Waals surface area contributed by atoms with Crippen molar-refractivity contribution in [3.05, 3.63) is 77.3 Å². The third-order valence-electron chi connectivity index (χ3n) is 5.47. The van der Waals surface area contributed by atoms with E-state index in [4.69, 9.17) is 21.1 Å². The number of hydrogen-bond acceptors (Lipinski definition) is 9. The van der Waals surface area contributed by atoms with Crippen LogP contribution in [-0.2, 0) is 15.6 Å². The Hall–Kier alpha value is -4.42. The molecule has 0 aliphatic heterocycles. The summed E-state index contributed by atoms with van der Waals surface area (Å²) in [5.74, 6) is -0.112. The van der Waals surface area contributed by atoms with Gasteiger partial charge >= 0.3 is 5.91 Å². The van der Waals surface area contributed by atoms with Crippen molar-refractivity contribution in [2.45, 2.75) is 13.0 Å². The summed E-state index contributed by atoms with van der Waals surface area (Å²) < 4.78 is 36.5. The first-order valence-corrected chi connectivity index (χ1v) is 13.4. The predicted octanol–water partition coefficient (Wildman–Crippen LogP) is 4.85. The lowest BCUT2D eigenvalue weighted by Gasteiger charge is -2.21. The molecular formula is C26H25ClN7O5S+. The molecule has 40 heavy (non-hydrogen) atoms. The Bertz CT molecular complexity index is 1680. The molecule has 14 heteroatoms. The van der Waals surface area contributed by atoms with Crippen LogP contribution < -0.4 is 19.3 Å². The number of fused-ring (bicyclic) bond motifs is 1. The largest absolute Gasteiger partial charge is 0.497 e. The van der Waals surface area contributed by atoms with Crippen molar-refractivity contribution < 1.29 is 22.7 Å². The minimum atomic E-state index is -3.30. The van der Waals surface area contributed by atoms with Gasteiger partial charge in [0.05, 0.1) is 46.7 Å². The summed E-state index contributed by atoms with van der Waals surface area (Å²) in [7, 11) is -0.259. The fourth-order valence-corrected chi connectivity index (χ4v) is 4.40. The van der Waals surface area contributed by atoms with Crippen molar-refractivity contribution in [1.29, 1.82) is 0 Å². The van der Waals surface area contributed by atoms with E-state index in [1.165, 1.54) is 38.5 Å². The fourth-order valence-electron chi connectivity index (χ4n) is 3.63. The maximum absolute atomic E-state index is 12.7. The number of hydrogen-bond donors (Lipinski definition) is 2. The molecule has 0 radical (unpaired) electrons. The SMILES string of the molecule is COCC(C)N=[N+]=NC(=O)c1cccc(N(c2nc3ccccc3nc2Nc2cc(OC)ccc2Cl)[SH](=O)=O)c1. The summed E-state index contributed by atoms with van der Waals surface area (Å²) in [4.78, 5) is 25.5. The number of nitrogens with zero attached hydrogens (tertiary/aromatic N) is 6. The molecule has 3 aromatic carbocycles. The van der Waals surface area contributed by atoms with E-state index in [0.717, 1.165) is 4.31 Å². The molecule has 1 aromatic heterocycles. The van der Waals surface area contributed by atoms with Crippen molar-refractivity contribution in [1.82, 2.24) is 14.9 Å². The first kappa shape index (κ1) is 28.6. The Labute approximate surface area is 236 Å². The fraction of sp³-hybridized carbons (Fsp3) is 0.192. The number of anilines is 4. The number of amides is 1. The maximum Gasteiger partial charge on any atom is 0.360 e. The molecule has 4 aromatic rings. The van der Waals surface area contributed by atoms with Gasteiger partial charge in [0.1, 0.15) is 10.9 Å². The van der Waals surface area contributed by atoms with Gasteiger partial charge in [0.25, 0.3) is 0 Å². The number of methoxy groups -OCH3 is 2. The quantitative estimate of drug-likeness (QED) is 0.153. The number of aromatic nitrogens is 2. The van der Waals surface area contributed by atoms with Crippen LogP contribution >= 0.6 is 11.6 Å². The first-order valence-electron chi connectivity index (χ1n) is 11.9. The zero-order chi connectivity index (χ0) is 28.6. The third kappa shape index (κ3) is 6.77.